The van der Waals surface area contributed by atoms with Gasteiger partial charge in [-0.1, -0.05) is 18.2 Å². The fourth-order valence-corrected chi connectivity index (χ4v) is 2.52. The SMILES string of the molecule is O=C(/C=C/c1ccccc1F)Nc1ccc(NC(=O)c2ccco2)cc1C(F)(F)F. The van der Waals surface area contributed by atoms with Gasteiger partial charge < -0.3 is 15.1 Å². The minimum Gasteiger partial charge on any atom is -0.459 e. The average Bonchev–Trinajstić information content (AvgIpc) is 3.23. The van der Waals surface area contributed by atoms with Crippen molar-refractivity contribution < 1.29 is 31.6 Å². The highest BCUT2D eigenvalue weighted by molar-refractivity contribution is 6.04. The number of rotatable bonds is 5. The van der Waals surface area contributed by atoms with Crippen molar-refractivity contribution in [2.45, 2.75) is 6.18 Å². The Hall–Kier alpha value is -3.88. The molecule has 3 aromatic rings. The van der Waals surface area contributed by atoms with Gasteiger partial charge >= 0.3 is 6.18 Å². The number of furan rings is 1. The first-order chi connectivity index (χ1) is 14.2. The molecule has 0 aliphatic heterocycles. The van der Waals surface area contributed by atoms with Crippen LogP contribution in [0, 0.1) is 5.82 Å². The monoisotopic (exact) mass is 418 g/mol. The lowest BCUT2D eigenvalue weighted by atomic mass is 10.1. The van der Waals surface area contributed by atoms with E-state index in [4.69, 9.17) is 4.42 Å². The summed E-state index contributed by atoms with van der Waals surface area (Å²) in [5.74, 6) is -2.25. The Balaban J connectivity index is 1.79. The van der Waals surface area contributed by atoms with Gasteiger partial charge in [-0.25, -0.2) is 4.39 Å². The predicted octanol–water partition coefficient (Wildman–Crippen LogP) is 5.34. The number of amides is 2. The van der Waals surface area contributed by atoms with Crippen molar-refractivity contribution in [1.29, 1.82) is 0 Å². The molecule has 3 rings (SSSR count). The molecule has 0 aliphatic carbocycles. The lowest BCUT2D eigenvalue weighted by molar-refractivity contribution is -0.136. The molecule has 0 saturated heterocycles. The third-order valence-corrected chi connectivity index (χ3v) is 3.91. The van der Waals surface area contributed by atoms with Crippen LogP contribution in [0.25, 0.3) is 6.08 Å². The molecule has 9 heteroatoms. The molecular weight excluding hydrogens is 404 g/mol. The highest BCUT2D eigenvalue weighted by atomic mass is 19.4. The maximum atomic E-state index is 13.6. The molecule has 0 aliphatic rings. The van der Waals surface area contributed by atoms with Crippen LogP contribution in [0.5, 0.6) is 0 Å². The van der Waals surface area contributed by atoms with Gasteiger partial charge in [0, 0.05) is 17.3 Å². The Labute approximate surface area is 168 Å². The summed E-state index contributed by atoms with van der Waals surface area (Å²) < 4.78 is 58.8. The lowest BCUT2D eigenvalue weighted by Crippen LogP contribution is -2.16. The van der Waals surface area contributed by atoms with Gasteiger partial charge in [0.05, 0.1) is 17.5 Å². The summed E-state index contributed by atoms with van der Waals surface area (Å²) >= 11 is 0. The van der Waals surface area contributed by atoms with Crippen LogP contribution in [0.4, 0.5) is 28.9 Å². The van der Waals surface area contributed by atoms with Crippen molar-refractivity contribution in [2.24, 2.45) is 0 Å². The highest BCUT2D eigenvalue weighted by Crippen LogP contribution is 2.36. The molecule has 5 nitrogen and oxygen atoms in total. The van der Waals surface area contributed by atoms with E-state index >= 15 is 0 Å². The number of halogens is 4. The second-order valence-corrected chi connectivity index (χ2v) is 6.03. The fourth-order valence-electron chi connectivity index (χ4n) is 2.52. The first kappa shape index (κ1) is 20.8. The summed E-state index contributed by atoms with van der Waals surface area (Å²) in [6.07, 6.45) is -1.48. The van der Waals surface area contributed by atoms with Gasteiger partial charge in [0.2, 0.25) is 5.91 Å². The molecule has 2 N–H and O–H groups in total. The van der Waals surface area contributed by atoms with Crippen LogP contribution in [0.15, 0.2) is 71.4 Å². The molecule has 0 radical (unpaired) electrons. The number of alkyl halides is 3. The summed E-state index contributed by atoms with van der Waals surface area (Å²) in [6, 6.07) is 11.3. The number of hydrogen-bond donors (Lipinski definition) is 2. The maximum Gasteiger partial charge on any atom is 0.418 e. The number of benzene rings is 2. The van der Waals surface area contributed by atoms with E-state index in [2.05, 4.69) is 10.6 Å². The Bertz CT molecular complexity index is 1090. The van der Waals surface area contributed by atoms with Crippen LogP contribution >= 0.6 is 0 Å². The average molecular weight is 418 g/mol. The van der Waals surface area contributed by atoms with Crippen LogP contribution in [0.3, 0.4) is 0 Å². The number of hydrogen-bond acceptors (Lipinski definition) is 3. The molecule has 30 heavy (non-hydrogen) atoms. The van der Waals surface area contributed by atoms with Gasteiger partial charge in [-0.2, -0.15) is 13.2 Å². The first-order valence-electron chi connectivity index (χ1n) is 8.54. The fraction of sp³-hybridized carbons (Fsp3) is 0.0476. The first-order valence-corrected chi connectivity index (χ1v) is 8.54. The summed E-state index contributed by atoms with van der Waals surface area (Å²) in [5, 5.41) is 4.40. The largest absolute Gasteiger partial charge is 0.459 e. The lowest BCUT2D eigenvalue weighted by Gasteiger charge is -2.15. The molecule has 154 valence electrons. The van der Waals surface area contributed by atoms with Crippen LogP contribution in [-0.2, 0) is 11.0 Å². The summed E-state index contributed by atoms with van der Waals surface area (Å²) in [4.78, 5) is 24.0. The van der Waals surface area contributed by atoms with E-state index in [1.165, 1.54) is 42.7 Å². The van der Waals surface area contributed by atoms with Crippen molar-refractivity contribution in [3.63, 3.8) is 0 Å². The van der Waals surface area contributed by atoms with Crippen molar-refractivity contribution in [3.8, 4) is 0 Å². The number of carbonyl (C=O) groups is 2. The van der Waals surface area contributed by atoms with Gasteiger partial charge in [0.1, 0.15) is 5.82 Å². The molecular formula is C21H14F4N2O3. The zero-order valence-electron chi connectivity index (χ0n) is 15.2. The molecule has 0 atom stereocenters. The van der Waals surface area contributed by atoms with E-state index in [0.717, 1.165) is 18.2 Å². The minimum absolute atomic E-state index is 0.0702. The molecule has 0 spiro atoms. The van der Waals surface area contributed by atoms with Crippen molar-refractivity contribution in [3.05, 3.63) is 89.6 Å². The van der Waals surface area contributed by atoms with E-state index in [9.17, 15) is 27.2 Å². The van der Waals surface area contributed by atoms with Crippen LogP contribution in [0.1, 0.15) is 21.7 Å². The van der Waals surface area contributed by atoms with Crippen molar-refractivity contribution >= 4 is 29.3 Å². The number of carbonyl (C=O) groups excluding carboxylic acids is 2. The highest BCUT2D eigenvalue weighted by Gasteiger charge is 2.34. The van der Waals surface area contributed by atoms with E-state index in [1.54, 1.807) is 6.07 Å². The smallest absolute Gasteiger partial charge is 0.418 e. The molecule has 0 saturated carbocycles. The summed E-state index contributed by atoms with van der Waals surface area (Å²) in [6.45, 7) is 0. The molecule has 2 amide bonds. The van der Waals surface area contributed by atoms with E-state index in [1.807, 2.05) is 0 Å². The molecule has 1 heterocycles. The molecule has 1 aromatic heterocycles. The van der Waals surface area contributed by atoms with Crippen LogP contribution in [-0.4, -0.2) is 11.8 Å². The number of nitrogens with one attached hydrogen (secondary N) is 2. The Morgan fingerprint density at radius 1 is 0.967 bits per heavy atom. The molecule has 0 bridgehead atoms. The van der Waals surface area contributed by atoms with E-state index in [0.29, 0.717) is 6.07 Å². The Kier molecular flexibility index (Phi) is 6.01. The van der Waals surface area contributed by atoms with Gasteiger partial charge in [-0.05, 0) is 42.5 Å². The molecule has 0 fully saturated rings. The Morgan fingerprint density at radius 3 is 2.40 bits per heavy atom. The van der Waals surface area contributed by atoms with Crippen molar-refractivity contribution in [1.82, 2.24) is 0 Å². The van der Waals surface area contributed by atoms with Crippen LogP contribution in [0.2, 0.25) is 0 Å². The zero-order chi connectivity index (χ0) is 21.7. The van der Waals surface area contributed by atoms with Crippen molar-refractivity contribution in [2.75, 3.05) is 10.6 Å². The quantitative estimate of drug-likeness (QED) is 0.434. The topological polar surface area (TPSA) is 71.3 Å². The third-order valence-electron chi connectivity index (χ3n) is 3.91. The van der Waals surface area contributed by atoms with Gasteiger partial charge in [-0.15, -0.1) is 0 Å². The second-order valence-electron chi connectivity index (χ2n) is 6.03. The van der Waals surface area contributed by atoms with E-state index < -0.39 is 35.1 Å². The number of anilines is 2. The van der Waals surface area contributed by atoms with Gasteiger partial charge in [0.25, 0.3) is 5.91 Å². The standard InChI is InChI=1S/C21H14F4N2O3/c22-16-5-2-1-4-13(16)7-10-19(28)27-17-9-8-14(12-15(17)21(23,24)25)26-20(29)18-6-3-11-30-18/h1-12H,(H,26,29)(H,27,28)/b10-7+. The van der Waals surface area contributed by atoms with Crippen LogP contribution < -0.4 is 10.6 Å². The molecule has 2 aromatic carbocycles. The maximum absolute atomic E-state index is 13.6. The predicted molar refractivity (Wildman–Crippen MR) is 102 cm³/mol. The zero-order valence-corrected chi connectivity index (χ0v) is 15.2. The summed E-state index contributed by atoms with van der Waals surface area (Å²) in [7, 11) is 0. The third kappa shape index (κ3) is 5.13. The Morgan fingerprint density at radius 2 is 1.73 bits per heavy atom. The minimum atomic E-state index is -4.80. The second kappa shape index (κ2) is 8.64. The molecule has 0 unspecified atom stereocenters. The van der Waals surface area contributed by atoms with Gasteiger partial charge in [0.15, 0.2) is 5.76 Å². The van der Waals surface area contributed by atoms with E-state index in [-0.39, 0.29) is 17.0 Å². The van der Waals surface area contributed by atoms with Gasteiger partial charge in [-0.3, -0.25) is 9.59 Å². The normalized spacial score (nSPS) is 11.5. The summed E-state index contributed by atoms with van der Waals surface area (Å²) in [5.41, 5.74) is -1.70.